The summed E-state index contributed by atoms with van der Waals surface area (Å²) in [7, 11) is 0. The first-order valence-electron chi connectivity index (χ1n) is 7.26. The molecule has 2 rings (SSSR count). The van der Waals surface area contributed by atoms with Crippen LogP contribution in [0, 0.1) is 6.85 Å². The normalized spacial score (nSPS) is 20.1. The van der Waals surface area contributed by atoms with Gasteiger partial charge >= 0.3 is 0 Å². The van der Waals surface area contributed by atoms with E-state index in [1.165, 1.54) is 0 Å². The Balaban J connectivity index is 2.79. The Morgan fingerprint density at radius 3 is 3.23 bits per heavy atom. The third kappa shape index (κ3) is 1.78. The minimum Gasteiger partial charge on any atom is -0.261 e. The predicted octanol–water partition coefficient (Wildman–Crippen LogP) is 2.34. The Morgan fingerprint density at radius 1 is 1.54 bits per heavy atom. The lowest BCUT2D eigenvalue weighted by Gasteiger charge is -1.99. The van der Waals surface area contributed by atoms with Crippen molar-refractivity contribution in [3.05, 3.63) is 40.8 Å². The monoisotopic (exact) mass is 245 g/mol. The summed E-state index contributed by atoms with van der Waals surface area (Å²) in [4.78, 5) is 3.57. The zero-order valence-electron chi connectivity index (χ0n) is 14.2. The van der Waals surface area contributed by atoms with Gasteiger partial charge < -0.3 is 0 Å². The van der Waals surface area contributed by atoms with Gasteiger partial charge in [0, 0.05) is 20.9 Å². The number of hydrogen-bond acceptors (Lipinski definition) is 2. The Labute approximate surface area is 95.8 Å². The quantitative estimate of drug-likeness (QED) is 0.773. The van der Waals surface area contributed by atoms with Crippen molar-refractivity contribution in [2.24, 2.45) is 0 Å². The van der Waals surface area contributed by atoms with E-state index < -0.39 is 30.9 Å². The standard InChI is InChI=1S/C9H8BrN3/c1-7-3-12-13(6-7)9-2-8(10)4-11-5-9/h2-6H,1H3/i1D3,2D,3D,4D,5D,6D. The topological polar surface area (TPSA) is 30.7 Å². The van der Waals surface area contributed by atoms with Crippen LogP contribution < -0.4 is 0 Å². The molecule has 0 saturated heterocycles. The summed E-state index contributed by atoms with van der Waals surface area (Å²) in [5, 5.41) is 3.61. The molecule has 0 aliphatic rings. The lowest BCUT2D eigenvalue weighted by atomic mass is 10.4. The molecule has 0 unspecified atom stereocenters. The molecule has 0 spiro atoms. The molecule has 3 nitrogen and oxygen atoms in total. The van der Waals surface area contributed by atoms with Gasteiger partial charge in [-0.3, -0.25) is 4.98 Å². The second kappa shape index (κ2) is 3.30. The maximum absolute atomic E-state index is 7.87. The first-order chi connectivity index (χ1) is 9.55. The van der Waals surface area contributed by atoms with Crippen LogP contribution in [0.2, 0.25) is 0 Å². The molecule has 0 atom stereocenters. The van der Waals surface area contributed by atoms with Gasteiger partial charge in [0.05, 0.1) is 24.9 Å². The van der Waals surface area contributed by atoms with Crippen LogP contribution in [0.15, 0.2) is 35.2 Å². The molecule has 2 aromatic heterocycles. The molecule has 0 aliphatic heterocycles. The zero-order chi connectivity index (χ0) is 16.1. The van der Waals surface area contributed by atoms with Gasteiger partial charge in [-0.1, -0.05) is 0 Å². The van der Waals surface area contributed by atoms with E-state index in [1.54, 1.807) is 0 Å². The molecule has 0 aromatic carbocycles. The minimum atomic E-state index is -2.70. The Hall–Kier alpha value is -1.16. The highest BCUT2D eigenvalue weighted by molar-refractivity contribution is 9.10. The fourth-order valence-corrected chi connectivity index (χ4v) is 1.03. The lowest BCUT2D eigenvalue weighted by molar-refractivity contribution is 0.872. The van der Waals surface area contributed by atoms with E-state index in [4.69, 9.17) is 11.0 Å². The maximum Gasteiger partial charge on any atom is 0.0863 e. The average Bonchev–Trinajstić information content (AvgIpc) is 2.61. The summed E-state index contributed by atoms with van der Waals surface area (Å²) in [5.74, 6) is 0. The summed E-state index contributed by atoms with van der Waals surface area (Å²) < 4.78 is 61.1. The van der Waals surface area contributed by atoms with Gasteiger partial charge in [-0.25, -0.2) is 4.68 Å². The predicted molar refractivity (Wildman–Crippen MR) is 53.8 cm³/mol. The molecule has 0 saturated carbocycles. The molecule has 2 heterocycles. The number of pyridine rings is 1. The second-order valence-corrected chi connectivity index (χ2v) is 2.93. The third-order valence-electron chi connectivity index (χ3n) is 1.24. The van der Waals surface area contributed by atoms with Crippen molar-refractivity contribution in [1.82, 2.24) is 14.8 Å². The van der Waals surface area contributed by atoms with Crippen molar-refractivity contribution >= 4 is 15.9 Å². The molecule has 0 bridgehead atoms. The Kier molecular flexibility index (Phi) is 0.813. The van der Waals surface area contributed by atoms with E-state index in [0.29, 0.717) is 4.68 Å². The van der Waals surface area contributed by atoms with Crippen LogP contribution in [0.3, 0.4) is 0 Å². The van der Waals surface area contributed by atoms with E-state index >= 15 is 0 Å². The summed E-state index contributed by atoms with van der Waals surface area (Å²) in [5.41, 5.74) is -0.820. The van der Waals surface area contributed by atoms with Crippen LogP contribution in [0.4, 0.5) is 0 Å². The molecule has 0 radical (unpaired) electrons. The fourth-order valence-electron chi connectivity index (χ4n) is 0.752. The zero-order valence-corrected chi connectivity index (χ0v) is 7.81. The van der Waals surface area contributed by atoms with Gasteiger partial charge in [0.15, 0.2) is 0 Å². The van der Waals surface area contributed by atoms with Crippen LogP contribution in [-0.2, 0) is 0 Å². The second-order valence-electron chi connectivity index (χ2n) is 2.13. The summed E-state index contributed by atoms with van der Waals surface area (Å²) in [6, 6.07) is -0.326. The van der Waals surface area contributed by atoms with Crippen LogP contribution in [0.1, 0.15) is 16.5 Å². The SMILES string of the molecule is [2H]c1nc([2H])c(-n2nc([2H])c(C([2H])([2H])[2H])c2[2H])c([2H])c1Br. The molecular weight excluding hydrogens is 230 g/mol. The lowest BCUT2D eigenvalue weighted by Crippen LogP contribution is -1.94. The third-order valence-corrected chi connectivity index (χ3v) is 1.61. The molecule has 0 N–H and O–H groups in total. The van der Waals surface area contributed by atoms with Crippen molar-refractivity contribution in [3.63, 3.8) is 0 Å². The van der Waals surface area contributed by atoms with Gasteiger partial charge in [0.1, 0.15) is 0 Å². The summed E-state index contributed by atoms with van der Waals surface area (Å²) in [6.07, 6.45) is -2.05. The van der Waals surface area contributed by atoms with E-state index in [1.807, 2.05) is 0 Å². The molecule has 0 fully saturated rings. The van der Waals surface area contributed by atoms with Crippen LogP contribution in [-0.4, -0.2) is 14.8 Å². The molecule has 0 amide bonds. The van der Waals surface area contributed by atoms with Crippen molar-refractivity contribution in [3.8, 4) is 5.69 Å². The number of nitrogens with zero attached hydrogens (tertiary/aromatic N) is 3. The summed E-state index contributed by atoms with van der Waals surface area (Å²) in [6.45, 7) is -2.70. The first-order valence-corrected chi connectivity index (χ1v) is 4.05. The van der Waals surface area contributed by atoms with E-state index in [0.717, 1.165) is 0 Å². The van der Waals surface area contributed by atoms with Gasteiger partial charge in [-0.05, 0) is 34.4 Å². The van der Waals surface area contributed by atoms with Gasteiger partial charge in [-0.2, -0.15) is 5.10 Å². The highest BCUT2D eigenvalue weighted by Gasteiger charge is 1.98. The largest absolute Gasteiger partial charge is 0.261 e. The fraction of sp³-hybridized carbons (Fsp3) is 0.111. The molecule has 0 aliphatic carbocycles. The van der Waals surface area contributed by atoms with Crippen molar-refractivity contribution < 1.29 is 11.0 Å². The van der Waals surface area contributed by atoms with Gasteiger partial charge in [-0.15, -0.1) is 0 Å². The molecule has 66 valence electrons. The average molecular weight is 246 g/mol. The van der Waals surface area contributed by atoms with Gasteiger partial charge in [0.25, 0.3) is 0 Å². The van der Waals surface area contributed by atoms with E-state index in [2.05, 4.69) is 26.0 Å². The van der Waals surface area contributed by atoms with Crippen LogP contribution in [0.5, 0.6) is 0 Å². The highest BCUT2D eigenvalue weighted by Crippen LogP contribution is 2.12. The molecule has 13 heavy (non-hydrogen) atoms. The number of halogens is 1. The smallest absolute Gasteiger partial charge is 0.0863 e. The van der Waals surface area contributed by atoms with Crippen LogP contribution >= 0.6 is 15.9 Å². The summed E-state index contributed by atoms with van der Waals surface area (Å²) >= 11 is 2.97. The molecule has 4 heteroatoms. The maximum atomic E-state index is 7.87. The molecule has 2 aromatic rings. The van der Waals surface area contributed by atoms with Crippen molar-refractivity contribution in [2.75, 3.05) is 0 Å². The van der Waals surface area contributed by atoms with Crippen molar-refractivity contribution in [1.29, 1.82) is 0 Å². The number of aromatic nitrogens is 3. The Morgan fingerprint density at radius 2 is 2.46 bits per heavy atom. The van der Waals surface area contributed by atoms with Crippen molar-refractivity contribution in [2.45, 2.75) is 6.85 Å². The highest BCUT2D eigenvalue weighted by atomic mass is 79.9. The van der Waals surface area contributed by atoms with E-state index in [-0.39, 0.29) is 22.4 Å². The Bertz CT molecular complexity index is 723. The first kappa shape index (κ1) is 3.20. The van der Waals surface area contributed by atoms with E-state index in [9.17, 15) is 0 Å². The number of rotatable bonds is 1. The van der Waals surface area contributed by atoms with Gasteiger partial charge in [0.2, 0.25) is 0 Å². The molecular formula is C9H8BrN3. The minimum absolute atomic E-state index is 0.00892. The van der Waals surface area contributed by atoms with Crippen LogP contribution in [0.25, 0.3) is 5.69 Å². The number of hydrogen-bond donors (Lipinski definition) is 0.